The van der Waals surface area contributed by atoms with Gasteiger partial charge in [-0.15, -0.1) is 0 Å². The van der Waals surface area contributed by atoms with Crippen LogP contribution in [0, 0.1) is 0 Å². The largest absolute Gasteiger partial charge is 1.00 e. The summed E-state index contributed by atoms with van der Waals surface area (Å²) in [6.07, 6.45) is 0. The van der Waals surface area contributed by atoms with Gasteiger partial charge >= 0.3 is 35.5 Å². The van der Waals surface area contributed by atoms with E-state index < -0.39 is 16.1 Å². The SMILES string of the molecule is O=C(Oc1ccccc1)c1cccc(S(=O)(=O)O)c1.[Na+]. The Hall–Kier alpha value is -1.18. The minimum absolute atomic E-state index is 0. The smallest absolute Gasteiger partial charge is 0.423 e. The van der Waals surface area contributed by atoms with E-state index >= 15 is 0 Å². The van der Waals surface area contributed by atoms with Crippen molar-refractivity contribution in [3.8, 4) is 5.75 Å². The molecule has 2 aromatic rings. The summed E-state index contributed by atoms with van der Waals surface area (Å²) in [6, 6.07) is 13.4. The van der Waals surface area contributed by atoms with Crippen LogP contribution in [0.2, 0.25) is 0 Å². The molecule has 0 aliphatic heterocycles. The van der Waals surface area contributed by atoms with Gasteiger partial charge in [-0.3, -0.25) is 4.55 Å². The van der Waals surface area contributed by atoms with Crippen LogP contribution in [0.1, 0.15) is 10.4 Å². The zero-order chi connectivity index (χ0) is 13.9. The molecule has 0 unspecified atom stereocenters. The quantitative estimate of drug-likeness (QED) is 0.346. The molecule has 0 fully saturated rings. The van der Waals surface area contributed by atoms with Gasteiger partial charge in [0.1, 0.15) is 5.75 Å². The maximum absolute atomic E-state index is 11.8. The molecule has 0 bridgehead atoms. The van der Waals surface area contributed by atoms with E-state index in [1.807, 2.05) is 0 Å². The molecule has 0 saturated heterocycles. The van der Waals surface area contributed by atoms with Gasteiger partial charge in [0.15, 0.2) is 0 Å². The van der Waals surface area contributed by atoms with Crippen molar-refractivity contribution in [1.29, 1.82) is 0 Å². The standard InChI is InChI=1S/C13H10O5S.Na/c14-13(18-11-6-2-1-3-7-11)10-5-4-8-12(9-10)19(15,16)17;/h1-9H,(H,15,16,17);/q;+1. The van der Waals surface area contributed by atoms with E-state index in [1.54, 1.807) is 30.3 Å². The maximum atomic E-state index is 11.8. The van der Waals surface area contributed by atoms with Gasteiger partial charge in [-0.25, -0.2) is 4.79 Å². The van der Waals surface area contributed by atoms with E-state index in [1.165, 1.54) is 18.2 Å². The van der Waals surface area contributed by atoms with Gasteiger partial charge in [-0.2, -0.15) is 8.42 Å². The second-order valence-electron chi connectivity index (χ2n) is 3.71. The van der Waals surface area contributed by atoms with Gasteiger partial charge in [0.05, 0.1) is 10.5 Å². The first-order valence-corrected chi connectivity index (χ1v) is 6.75. The van der Waals surface area contributed by atoms with Gasteiger partial charge in [-0.05, 0) is 30.3 Å². The molecule has 0 aliphatic rings. The second-order valence-corrected chi connectivity index (χ2v) is 5.13. The van der Waals surface area contributed by atoms with Gasteiger partial charge < -0.3 is 4.74 Å². The number of para-hydroxylation sites is 1. The Bertz CT molecular complexity index is 698. The summed E-state index contributed by atoms with van der Waals surface area (Å²) in [7, 11) is -4.34. The van der Waals surface area contributed by atoms with Gasteiger partial charge in [0.25, 0.3) is 10.1 Å². The van der Waals surface area contributed by atoms with Crippen LogP contribution in [-0.2, 0) is 10.1 Å². The van der Waals surface area contributed by atoms with Gasteiger partial charge in [-0.1, -0.05) is 24.3 Å². The van der Waals surface area contributed by atoms with Crippen molar-refractivity contribution in [1.82, 2.24) is 0 Å². The van der Waals surface area contributed by atoms with Crippen LogP contribution < -0.4 is 34.3 Å². The van der Waals surface area contributed by atoms with E-state index in [2.05, 4.69) is 0 Å². The molecular weight excluding hydrogens is 291 g/mol. The summed E-state index contributed by atoms with van der Waals surface area (Å²) in [5.74, 6) is -0.346. The Kier molecular flexibility index (Phi) is 5.91. The van der Waals surface area contributed by atoms with Crippen LogP contribution >= 0.6 is 0 Å². The summed E-state index contributed by atoms with van der Waals surface area (Å²) in [4.78, 5) is 11.4. The van der Waals surface area contributed by atoms with E-state index in [0.29, 0.717) is 5.75 Å². The zero-order valence-corrected chi connectivity index (χ0v) is 13.5. The van der Waals surface area contributed by atoms with E-state index in [9.17, 15) is 13.2 Å². The van der Waals surface area contributed by atoms with Crippen molar-refractivity contribution in [3.05, 3.63) is 60.2 Å². The van der Waals surface area contributed by atoms with Crippen LogP contribution in [-0.4, -0.2) is 18.9 Å². The number of ether oxygens (including phenoxy) is 1. The molecule has 0 saturated carbocycles. The number of rotatable bonds is 3. The molecule has 7 heteroatoms. The summed E-state index contributed by atoms with van der Waals surface area (Å²) in [5, 5.41) is 0. The topological polar surface area (TPSA) is 80.7 Å². The van der Waals surface area contributed by atoms with Crippen LogP contribution in [0.3, 0.4) is 0 Å². The third kappa shape index (κ3) is 4.43. The first-order valence-electron chi connectivity index (χ1n) is 5.31. The Balaban J connectivity index is 0.00000200. The summed E-state index contributed by atoms with van der Waals surface area (Å²) < 4.78 is 35.9. The Morgan fingerprint density at radius 3 is 2.25 bits per heavy atom. The number of carbonyl (C=O) groups is 1. The molecule has 0 aliphatic carbocycles. The Labute approximate surface area is 138 Å². The third-order valence-electron chi connectivity index (χ3n) is 2.32. The van der Waals surface area contributed by atoms with Crippen molar-refractivity contribution < 1.29 is 52.1 Å². The molecule has 2 aromatic carbocycles. The van der Waals surface area contributed by atoms with E-state index in [4.69, 9.17) is 9.29 Å². The second kappa shape index (κ2) is 7.01. The fraction of sp³-hybridized carbons (Fsp3) is 0. The average Bonchev–Trinajstić information content (AvgIpc) is 2.39. The average molecular weight is 301 g/mol. The van der Waals surface area contributed by atoms with Gasteiger partial charge in [0.2, 0.25) is 0 Å². The Morgan fingerprint density at radius 2 is 1.65 bits per heavy atom. The molecule has 0 atom stereocenters. The number of hydrogen-bond donors (Lipinski definition) is 1. The summed E-state index contributed by atoms with van der Waals surface area (Å²) >= 11 is 0. The monoisotopic (exact) mass is 301 g/mol. The molecule has 0 aromatic heterocycles. The van der Waals surface area contributed by atoms with Crippen LogP contribution in [0.25, 0.3) is 0 Å². The van der Waals surface area contributed by atoms with Gasteiger partial charge in [0, 0.05) is 0 Å². The van der Waals surface area contributed by atoms with E-state index in [-0.39, 0.29) is 40.0 Å². The molecular formula is C13H10NaO5S+. The number of esters is 1. The molecule has 2 rings (SSSR count). The molecule has 0 radical (unpaired) electrons. The molecule has 98 valence electrons. The minimum Gasteiger partial charge on any atom is -0.423 e. The number of hydrogen-bond acceptors (Lipinski definition) is 4. The zero-order valence-electron chi connectivity index (χ0n) is 10.7. The fourth-order valence-electron chi connectivity index (χ4n) is 1.44. The van der Waals surface area contributed by atoms with Crippen molar-refractivity contribution in [3.63, 3.8) is 0 Å². The first-order chi connectivity index (χ1) is 8.97. The molecule has 20 heavy (non-hydrogen) atoms. The predicted molar refractivity (Wildman–Crippen MR) is 67.7 cm³/mol. The Morgan fingerprint density at radius 1 is 1.00 bits per heavy atom. The molecule has 0 spiro atoms. The summed E-state index contributed by atoms with van der Waals surface area (Å²) in [6.45, 7) is 0. The summed E-state index contributed by atoms with van der Waals surface area (Å²) in [5.41, 5.74) is 0.0407. The molecule has 0 heterocycles. The van der Waals surface area contributed by atoms with Crippen molar-refractivity contribution in [2.45, 2.75) is 4.90 Å². The molecule has 5 nitrogen and oxygen atoms in total. The first kappa shape index (κ1) is 16.9. The van der Waals surface area contributed by atoms with E-state index in [0.717, 1.165) is 6.07 Å². The normalized spacial score (nSPS) is 10.4. The minimum atomic E-state index is -4.34. The third-order valence-corrected chi connectivity index (χ3v) is 3.17. The van der Waals surface area contributed by atoms with Crippen molar-refractivity contribution in [2.24, 2.45) is 0 Å². The van der Waals surface area contributed by atoms with Crippen molar-refractivity contribution in [2.75, 3.05) is 0 Å². The predicted octanol–water partition coefficient (Wildman–Crippen LogP) is -0.844. The van der Waals surface area contributed by atoms with Crippen LogP contribution in [0.5, 0.6) is 5.75 Å². The molecule has 1 N–H and O–H groups in total. The fourth-order valence-corrected chi connectivity index (χ4v) is 1.96. The van der Waals surface area contributed by atoms with Crippen molar-refractivity contribution >= 4 is 16.1 Å². The number of benzene rings is 2. The maximum Gasteiger partial charge on any atom is 1.00 e. The molecule has 0 amide bonds. The number of carbonyl (C=O) groups excluding carboxylic acids is 1. The van der Waals surface area contributed by atoms with Crippen LogP contribution in [0.15, 0.2) is 59.5 Å². The van der Waals surface area contributed by atoms with Crippen LogP contribution in [0.4, 0.5) is 0 Å².